The monoisotopic (exact) mass is 372 g/mol. The molecular formula is C24H24N2O2. The van der Waals surface area contributed by atoms with Gasteiger partial charge in [-0.15, -0.1) is 0 Å². The van der Waals surface area contributed by atoms with E-state index in [1.54, 1.807) is 0 Å². The van der Waals surface area contributed by atoms with Crippen molar-refractivity contribution in [2.45, 2.75) is 25.8 Å². The standard InChI is InChI=1S/C24H24N2O2/c1-17(11-12-18-7-3-2-4-8-18)25-24(27)16-28-19-13-14-21-20-9-5-6-10-22(20)26-23(21)15-19/h2-10,13-15,17,26H,11-12,16H2,1H3,(H,25,27)/t17-/m1/s1. The molecule has 0 spiro atoms. The summed E-state index contributed by atoms with van der Waals surface area (Å²) in [4.78, 5) is 15.6. The maximum Gasteiger partial charge on any atom is 0.258 e. The maximum atomic E-state index is 12.2. The van der Waals surface area contributed by atoms with E-state index in [9.17, 15) is 4.79 Å². The minimum Gasteiger partial charge on any atom is -0.484 e. The summed E-state index contributed by atoms with van der Waals surface area (Å²) < 4.78 is 5.70. The van der Waals surface area contributed by atoms with Crippen LogP contribution in [0.3, 0.4) is 0 Å². The Kier molecular flexibility index (Phi) is 5.29. The Morgan fingerprint density at radius 1 is 0.964 bits per heavy atom. The molecule has 1 atom stereocenters. The maximum absolute atomic E-state index is 12.2. The molecule has 1 heterocycles. The van der Waals surface area contributed by atoms with E-state index in [2.05, 4.69) is 34.6 Å². The van der Waals surface area contributed by atoms with Gasteiger partial charge in [0.25, 0.3) is 5.91 Å². The van der Waals surface area contributed by atoms with Crippen molar-refractivity contribution in [3.05, 3.63) is 78.4 Å². The van der Waals surface area contributed by atoms with E-state index >= 15 is 0 Å². The molecule has 1 amide bonds. The van der Waals surface area contributed by atoms with E-state index < -0.39 is 0 Å². The molecule has 0 aliphatic carbocycles. The average Bonchev–Trinajstić information content (AvgIpc) is 3.09. The van der Waals surface area contributed by atoms with Crippen molar-refractivity contribution in [1.82, 2.24) is 10.3 Å². The lowest BCUT2D eigenvalue weighted by atomic mass is 10.1. The Hall–Kier alpha value is -3.27. The predicted octanol–water partition coefficient (Wildman–Crippen LogP) is 4.84. The van der Waals surface area contributed by atoms with Crippen LogP contribution in [0.4, 0.5) is 0 Å². The first-order valence-electron chi connectivity index (χ1n) is 9.65. The topological polar surface area (TPSA) is 54.1 Å². The van der Waals surface area contributed by atoms with Gasteiger partial charge in [0.1, 0.15) is 5.75 Å². The number of aryl methyl sites for hydroxylation is 1. The number of rotatable bonds is 7. The third-order valence-electron chi connectivity index (χ3n) is 4.96. The second kappa shape index (κ2) is 8.17. The van der Waals surface area contributed by atoms with Gasteiger partial charge < -0.3 is 15.0 Å². The molecule has 142 valence electrons. The van der Waals surface area contributed by atoms with Gasteiger partial charge in [0.2, 0.25) is 0 Å². The zero-order valence-electron chi connectivity index (χ0n) is 15.9. The van der Waals surface area contributed by atoms with Crippen molar-refractivity contribution in [3.63, 3.8) is 0 Å². The molecule has 3 aromatic carbocycles. The highest BCUT2D eigenvalue weighted by atomic mass is 16.5. The number of fused-ring (bicyclic) bond motifs is 3. The number of nitrogens with one attached hydrogen (secondary N) is 2. The van der Waals surface area contributed by atoms with E-state index in [0.717, 1.165) is 29.3 Å². The minimum atomic E-state index is -0.0997. The Balaban J connectivity index is 1.31. The molecule has 2 N–H and O–H groups in total. The van der Waals surface area contributed by atoms with E-state index in [1.165, 1.54) is 10.9 Å². The normalized spacial score (nSPS) is 12.2. The van der Waals surface area contributed by atoms with Gasteiger partial charge in [0.05, 0.1) is 5.52 Å². The highest BCUT2D eigenvalue weighted by molar-refractivity contribution is 6.07. The number of aromatic amines is 1. The molecule has 4 nitrogen and oxygen atoms in total. The SMILES string of the molecule is C[C@H](CCc1ccccc1)NC(=O)COc1ccc2c(c1)[nH]c1ccccc12. The van der Waals surface area contributed by atoms with E-state index in [0.29, 0.717) is 5.75 Å². The third kappa shape index (κ3) is 4.17. The summed E-state index contributed by atoms with van der Waals surface area (Å²) in [6, 6.07) is 24.5. The Bertz CT molecular complexity index is 1090. The van der Waals surface area contributed by atoms with Crippen LogP contribution in [0.2, 0.25) is 0 Å². The Labute approximate surface area is 164 Å². The molecule has 1 aromatic heterocycles. The lowest BCUT2D eigenvalue weighted by Gasteiger charge is -2.14. The van der Waals surface area contributed by atoms with Gasteiger partial charge in [0.15, 0.2) is 6.61 Å². The van der Waals surface area contributed by atoms with Gasteiger partial charge >= 0.3 is 0 Å². The smallest absolute Gasteiger partial charge is 0.258 e. The number of carbonyl (C=O) groups is 1. The lowest BCUT2D eigenvalue weighted by molar-refractivity contribution is -0.123. The Morgan fingerprint density at radius 3 is 2.57 bits per heavy atom. The van der Waals surface area contributed by atoms with Gasteiger partial charge in [-0.25, -0.2) is 0 Å². The number of amides is 1. The molecule has 4 rings (SSSR count). The fraction of sp³-hybridized carbons (Fsp3) is 0.208. The van der Waals surface area contributed by atoms with Crippen molar-refractivity contribution in [1.29, 1.82) is 0 Å². The van der Waals surface area contributed by atoms with Gasteiger partial charge in [-0.1, -0.05) is 48.5 Å². The van der Waals surface area contributed by atoms with Crippen LogP contribution in [-0.4, -0.2) is 23.5 Å². The zero-order valence-corrected chi connectivity index (χ0v) is 15.9. The molecule has 0 unspecified atom stereocenters. The predicted molar refractivity (Wildman–Crippen MR) is 114 cm³/mol. The van der Waals surface area contributed by atoms with Gasteiger partial charge in [-0.2, -0.15) is 0 Å². The molecule has 28 heavy (non-hydrogen) atoms. The summed E-state index contributed by atoms with van der Waals surface area (Å²) in [5, 5.41) is 5.35. The van der Waals surface area contributed by atoms with Crippen LogP contribution in [-0.2, 0) is 11.2 Å². The summed E-state index contributed by atoms with van der Waals surface area (Å²) in [5.74, 6) is 0.587. The number of benzene rings is 3. The number of H-pyrrole nitrogens is 1. The van der Waals surface area contributed by atoms with Crippen molar-refractivity contribution < 1.29 is 9.53 Å². The second-order valence-electron chi connectivity index (χ2n) is 7.16. The van der Waals surface area contributed by atoms with Gasteiger partial charge in [-0.3, -0.25) is 4.79 Å². The summed E-state index contributed by atoms with van der Waals surface area (Å²) in [6.45, 7) is 2.04. The fourth-order valence-electron chi connectivity index (χ4n) is 3.49. The summed E-state index contributed by atoms with van der Waals surface area (Å²) >= 11 is 0. The third-order valence-corrected chi connectivity index (χ3v) is 4.96. The first-order valence-corrected chi connectivity index (χ1v) is 9.65. The second-order valence-corrected chi connectivity index (χ2v) is 7.16. The number of hydrogen-bond acceptors (Lipinski definition) is 2. The lowest BCUT2D eigenvalue weighted by Crippen LogP contribution is -2.36. The zero-order chi connectivity index (χ0) is 19.3. The molecule has 4 aromatic rings. The van der Waals surface area contributed by atoms with Crippen molar-refractivity contribution >= 4 is 27.7 Å². The number of para-hydroxylation sites is 1. The quantitative estimate of drug-likeness (QED) is 0.488. The van der Waals surface area contributed by atoms with Crippen molar-refractivity contribution in [3.8, 4) is 5.75 Å². The largest absolute Gasteiger partial charge is 0.484 e. The molecule has 0 aliphatic rings. The van der Waals surface area contributed by atoms with Crippen molar-refractivity contribution in [2.75, 3.05) is 6.61 Å². The van der Waals surface area contributed by atoms with Crippen molar-refractivity contribution in [2.24, 2.45) is 0 Å². The van der Waals surface area contributed by atoms with Gasteiger partial charge in [0, 0.05) is 28.4 Å². The van der Waals surface area contributed by atoms with Crippen LogP contribution in [0.15, 0.2) is 72.8 Å². The van der Waals surface area contributed by atoms with E-state index in [-0.39, 0.29) is 18.6 Å². The van der Waals surface area contributed by atoms with E-state index in [1.807, 2.05) is 55.5 Å². The summed E-state index contributed by atoms with van der Waals surface area (Å²) in [7, 11) is 0. The molecule has 0 bridgehead atoms. The van der Waals surface area contributed by atoms with Crippen LogP contribution in [0.25, 0.3) is 21.8 Å². The van der Waals surface area contributed by atoms with Gasteiger partial charge in [-0.05, 0) is 43.5 Å². The number of aromatic nitrogens is 1. The number of carbonyl (C=O) groups excluding carboxylic acids is 1. The fourth-order valence-corrected chi connectivity index (χ4v) is 3.49. The Morgan fingerprint density at radius 2 is 1.71 bits per heavy atom. The molecule has 0 radical (unpaired) electrons. The van der Waals surface area contributed by atoms with Crippen LogP contribution in [0.1, 0.15) is 18.9 Å². The molecule has 4 heteroatoms. The molecule has 0 saturated heterocycles. The molecular weight excluding hydrogens is 348 g/mol. The van der Waals surface area contributed by atoms with Crippen LogP contribution in [0, 0.1) is 0 Å². The van der Waals surface area contributed by atoms with Crippen LogP contribution in [0.5, 0.6) is 5.75 Å². The molecule has 0 saturated carbocycles. The van der Waals surface area contributed by atoms with Crippen LogP contribution < -0.4 is 10.1 Å². The highest BCUT2D eigenvalue weighted by Gasteiger charge is 2.10. The average molecular weight is 372 g/mol. The first kappa shape index (κ1) is 18.1. The summed E-state index contributed by atoms with van der Waals surface area (Å²) in [5.41, 5.74) is 3.39. The molecule has 0 fully saturated rings. The number of ether oxygens (including phenoxy) is 1. The number of hydrogen-bond donors (Lipinski definition) is 2. The summed E-state index contributed by atoms with van der Waals surface area (Å²) in [6.07, 6.45) is 1.84. The highest BCUT2D eigenvalue weighted by Crippen LogP contribution is 2.28. The molecule has 0 aliphatic heterocycles. The van der Waals surface area contributed by atoms with Crippen LogP contribution >= 0.6 is 0 Å². The first-order chi connectivity index (χ1) is 13.7. The minimum absolute atomic E-state index is 0.0153. The van der Waals surface area contributed by atoms with E-state index in [4.69, 9.17) is 4.74 Å².